The molecular weight excluding hydrogens is 248 g/mol. The Morgan fingerprint density at radius 3 is 2.47 bits per heavy atom. The van der Waals surface area contributed by atoms with E-state index in [0.29, 0.717) is 24.2 Å². The first-order valence-corrected chi connectivity index (χ1v) is 5.98. The monoisotopic (exact) mass is 264 g/mol. The van der Waals surface area contributed by atoms with E-state index in [9.17, 15) is 14.7 Å². The van der Waals surface area contributed by atoms with Gasteiger partial charge in [0, 0.05) is 30.7 Å². The van der Waals surface area contributed by atoms with Crippen molar-refractivity contribution in [2.75, 3.05) is 19.8 Å². The minimum absolute atomic E-state index is 0.142. The van der Waals surface area contributed by atoms with Gasteiger partial charge in [-0.15, -0.1) is 0 Å². The molecule has 0 aliphatic carbocycles. The lowest BCUT2D eigenvalue weighted by atomic mass is 10.0. The van der Waals surface area contributed by atoms with E-state index in [1.165, 1.54) is 24.3 Å². The number of primary amides is 1. The van der Waals surface area contributed by atoms with E-state index in [1.54, 1.807) is 0 Å². The van der Waals surface area contributed by atoms with Crippen LogP contribution in [0.3, 0.4) is 0 Å². The Morgan fingerprint density at radius 1 is 1.32 bits per heavy atom. The number of hydrogen-bond acceptors (Lipinski definition) is 4. The Balaban J connectivity index is 1.94. The summed E-state index contributed by atoms with van der Waals surface area (Å²) in [5.74, 6) is -0.847. The summed E-state index contributed by atoms with van der Waals surface area (Å²) < 4.78 is 5.09. The van der Waals surface area contributed by atoms with Crippen molar-refractivity contribution in [3.05, 3.63) is 35.4 Å². The molecule has 0 bridgehead atoms. The van der Waals surface area contributed by atoms with Gasteiger partial charge in [-0.25, -0.2) is 0 Å². The molecule has 0 spiro atoms. The fourth-order valence-corrected chi connectivity index (χ4v) is 1.87. The molecule has 0 aromatic heterocycles. The summed E-state index contributed by atoms with van der Waals surface area (Å²) in [6.07, 6.45) is 0.508. The second-order valence-electron chi connectivity index (χ2n) is 4.65. The number of aliphatic hydroxyl groups is 1. The summed E-state index contributed by atoms with van der Waals surface area (Å²) in [7, 11) is 0. The van der Waals surface area contributed by atoms with Crippen LogP contribution in [0.25, 0.3) is 0 Å². The van der Waals surface area contributed by atoms with Crippen LogP contribution in [0.2, 0.25) is 0 Å². The molecule has 1 aromatic carbocycles. The quantitative estimate of drug-likeness (QED) is 0.692. The van der Waals surface area contributed by atoms with Gasteiger partial charge < -0.3 is 20.9 Å². The molecule has 2 amide bonds. The molecule has 1 fully saturated rings. The van der Waals surface area contributed by atoms with E-state index in [1.807, 2.05) is 0 Å². The maximum atomic E-state index is 11.8. The highest BCUT2D eigenvalue weighted by atomic mass is 16.5. The molecule has 19 heavy (non-hydrogen) atoms. The predicted octanol–water partition coefficient (Wildman–Crippen LogP) is -0.333. The summed E-state index contributed by atoms with van der Waals surface area (Å²) >= 11 is 0. The van der Waals surface area contributed by atoms with E-state index >= 15 is 0 Å². The largest absolute Gasteiger partial charge is 0.386 e. The van der Waals surface area contributed by atoms with Crippen LogP contribution in [-0.2, 0) is 4.74 Å². The number of carbonyl (C=O) groups is 2. The van der Waals surface area contributed by atoms with Gasteiger partial charge in [0.1, 0.15) is 5.60 Å². The topological polar surface area (TPSA) is 102 Å². The summed E-state index contributed by atoms with van der Waals surface area (Å²) in [4.78, 5) is 22.7. The zero-order valence-corrected chi connectivity index (χ0v) is 10.4. The van der Waals surface area contributed by atoms with Gasteiger partial charge in [0.05, 0.1) is 6.61 Å². The van der Waals surface area contributed by atoms with Crippen LogP contribution >= 0.6 is 0 Å². The van der Waals surface area contributed by atoms with Crippen LogP contribution in [0, 0.1) is 0 Å². The number of amides is 2. The third kappa shape index (κ3) is 3.30. The number of nitrogens with two attached hydrogens (primary N) is 1. The first kappa shape index (κ1) is 13.5. The van der Waals surface area contributed by atoms with Crippen molar-refractivity contribution in [3.63, 3.8) is 0 Å². The number of benzene rings is 1. The fourth-order valence-electron chi connectivity index (χ4n) is 1.87. The van der Waals surface area contributed by atoms with Crippen molar-refractivity contribution in [2.24, 2.45) is 5.73 Å². The van der Waals surface area contributed by atoms with E-state index in [-0.39, 0.29) is 19.1 Å². The summed E-state index contributed by atoms with van der Waals surface area (Å²) in [6, 6.07) is 6.02. The van der Waals surface area contributed by atoms with Crippen LogP contribution < -0.4 is 11.1 Å². The smallest absolute Gasteiger partial charge is 0.251 e. The molecule has 0 radical (unpaired) electrons. The van der Waals surface area contributed by atoms with Gasteiger partial charge >= 0.3 is 0 Å². The van der Waals surface area contributed by atoms with Gasteiger partial charge in [0.2, 0.25) is 5.91 Å². The van der Waals surface area contributed by atoms with Crippen molar-refractivity contribution >= 4 is 11.8 Å². The number of nitrogens with one attached hydrogen (secondary N) is 1. The molecule has 4 N–H and O–H groups in total. The highest BCUT2D eigenvalue weighted by Crippen LogP contribution is 2.17. The van der Waals surface area contributed by atoms with Crippen molar-refractivity contribution in [2.45, 2.75) is 12.0 Å². The molecule has 1 aliphatic rings. The van der Waals surface area contributed by atoms with Crippen molar-refractivity contribution in [1.82, 2.24) is 5.32 Å². The summed E-state index contributed by atoms with van der Waals surface area (Å²) in [5, 5.41) is 12.6. The van der Waals surface area contributed by atoms with Crippen LogP contribution in [0.15, 0.2) is 24.3 Å². The van der Waals surface area contributed by atoms with Crippen LogP contribution in [0.4, 0.5) is 0 Å². The highest BCUT2D eigenvalue weighted by Gasteiger charge is 2.32. The molecule has 6 nitrogen and oxygen atoms in total. The lowest BCUT2D eigenvalue weighted by Crippen LogP contribution is -2.43. The Hall–Kier alpha value is -1.92. The first-order chi connectivity index (χ1) is 9.00. The van der Waals surface area contributed by atoms with E-state index in [0.717, 1.165) is 0 Å². The lowest BCUT2D eigenvalue weighted by molar-refractivity contribution is 0.0264. The predicted molar refractivity (Wildman–Crippen MR) is 67.7 cm³/mol. The van der Waals surface area contributed by atoms with Crippen LogP contribution in [-0.4, -0.2) is 42.3 Å². The lowest BCUT2D eigenvalue weighted by Gasteiger charge is -2.20. The first-order valence-electron chi connectivity index (χ1n) is 5.98. The normalized spacial score (nSPS) is 22.2. The Morgan fingerprint density at radius 2 is 1.95 bits per heavy atom. The molecule has 1 aromatic rings. The minimum atomic E-state index is -0.983. The molecule has 1 saturated heterocycles. The Labute approximate surface area is 110 Å². The zero-order valence-electron chi connectivity index (χ0n) is 10.4. The molecule has 1 heterocycles. The fraction of sp³-hybridized carbons (Fsp3) is 0.385. The number of carbonyl (C=O) groups excluding carboxylic acids is 2. The van der Waals surface area contributed by atoms with E-state index in [2.05, 4.69) is 5.32 Å². The number of ether oxygens (including phenoxy) is 1. The SMILES string of the molecule is NC(=O)c1ccc(C(=O)NCC2(O)CCOC2)cc1. The molecule has 1 aliphatic heterocycles. The van der Waals surface area contributed by atoms with E-state index < -0.39 is 11.5 Å². The Kier molecular flexibility index (Phi) is 3.82. The molecule has 102 valence electrons. The molecule has 1 unspecified atom stereocenters. The maximum absolute atomic E-state index is 11.8. The van der Waals surface area contributed by atoms with Gasteiger partial charge in [-0.1, -0.05) is 0 Å². The standard InChI is InChI=1S/C13H16N2O4/c14-11(16)9-1-3-10(4-2-9)12(17)15-7-13(18)5-6-19-8-13/h1-4,18H,5-8H2,(H2,14,16)(H,15,17). The van der Waals surface area contributed by atoms with Gasteiger partial charge in [0.15, 0.2) is 0 Å². The van der Waals surface area contributed by atoms with Crippen molar-refractivity contribution in [1.29, 1.82) is 0 Å². The number of rotatable bonds is 4. The second kappa shape index (κ2) is 5.38. The van der Waals surface area contributed by atoms with Gasteiger partial charge in [0.25, 0.3) is 5.91 Å². The minimum Gasteiger partial charge on any atom is -0.386 e. The van der Waals surface area contributed by atoms with Gasteiger partial charge in [-0.2, -0.15) is 0 Å². The summed E-state index contributed by atoms with van der Waals surface area (Å²) in [5.41, 5.74) is 4.89. The molecule has 6 heteroatoms. The number of hydrogen-bond donors (Lipinski definition) is 3. The van der Waals surface area contributed by atoms with Crippen molar-refractivity contribution in [3.8, 4) is 0 Å². The highest BCUT2D eigenvalue weighted by molar-refractivity contribution is 5.97. The molecular formula is C13H16N2O4. The van der Waals surface area contributed by atoms with Gasteiger partial charge in [-0.3, -0.25) is 9.59 Å². The third-order valence-corrected chi connectivity index (χ3v) is 3.09. The van der Waals surface area contributed by atoms with Crippen molar-refractivity contribution < 1.29 is 19.4 Å². The second-order valence-corrected chi connectivity index (χ2v) is 4.65. The Bertz CT molecular complexity index is 478. The average Bonchev–Trinajstić information content (AvgIpc) is 2.83. The zero-order chi connectivity index (χ0) is 13.9. The molecule has 0 saturated carbocycles. The molecule has 1 atom stereocenters. The maximum Gasteiger partial charge on any atom is 0.251 e. The average molecular weight is 264 g/mol. The van der Waals surface area contributed by atoms with Gasteiger partial charge in [-0.05, 0) is 24.3 Å². The van der Waals surface area contributed by atoms with Crippen LogP contribution in [0.5, 0.6) is 0 Å². The van der Waals surface area contributed by atoms with E-state index in [4.69, 9.17) is 10.5 Å². The molecule has 2 rings (SSSR count). The van der Waals surface area contributed by atoms with Crippen LogP contribution in [0.1, 0.15) is 27.1 Å². The third-order valence-electron chi connectivity index (χ3n) is 3.09. The summed E-state index contributed by atoms with van der Waals surface area (Å²) in [6.45, 7) is 0.872.